The SMILES string of the molecule is CC1CCCCN1S(=O)(=O)c1ccc(C(=O)Nc2cc(C(=O)N(C)C)ccc2Cl)cc1. The quantitative estimate of drug-likeness (QED) is 0.729. The van der Waals surface area contributed by atoms with E-state index in [1.54, 1.807) is 26.2 Å². The number of carbonyl (C=O) groups is 2. The zero-order valence-corrected chi connectivity index (χ0v) is 19.3. The molecule has 2 aromatic carbocycles. The Bertz CT molecular complexity index is 1080. The van der Waals surface area contributed by atoms with Gasteiger partial charge in [0.15, 0.2) is 0 Å². The van der Waals surface area contributed by atoms with E-state index in [0.717, 1.165) is 19.3 Å². The lowest BCUT2D eigenvalue weighted by molar-refractivity contribution is 0.0827. The summed E-state index contributed by atoms with van der Waals surface area (Å²) in [4.78, 5) is 26.4. The Morgan fingerprint density at radius 3 is 2.32 bits per heavy atom. The summed E-state index contributed by atoms with van der Waals surface area (Å²) < 4.78 is 27.4. The van der Waals surface area contributed by atoms with Crippen molar-refractivity contribution < 1.29 is 18.0 Å². The van der Waals surface area contributed by atoms with Gasteiger partial charge in [-0.3, -0.25) is 9.59 Å². The van der Waals surface area contributed by atoms with Crippen LogP contribution in [0, 0.1) is 0 Å². The minimum absolute atomic E-state index is 0.0407. The molecule has 0 aromatic heterocycles. The molecule has 0 bridgehead atoms. The molecule has 3 rings (SSSR count). The zero-order valence-electron chi connectivity index (χ0n) is 17.8. The Labute approximate surface area is 188 Å². The van der Waals surface area contributed by atoms with Crippen LogP contribution in [0.2, 0.25) is 5.02 Å². The summed E-state index contributed by atoms with van der Waals surface area (Å²) >= 11 is 6.17. The van der Waals surface area contributed by atoms with E-state index >= 15 is 0 Å². The van der Waals surface area contributed by atoms with Gasteiger partial charge < -0.3 is 10.2 Å². The molecule has 166 valence electrons. The molecule has 1 aliphatic heterocycles. The van der Waals surface area contributed by atoms with E-state index in [4.69, 9.17) is 11.6 Å². The maximum Gasteiger partial charge on any atom is 0.255 e. The van der Waals surface area contributed by atoms with E-state index in [0.29, 0.717) is 22.8 Å². The van der Waals surface area contributed by atoms with Crippen LogP contribution in [0.4, 0.5) is 5.69 Å². The molecule has 9 heteroatoms. The molecular formula is C22H26ClN3O4S. The van der Waals surface area contributed by atoms with Crippen LogP contribution in [0.3, 0.4) is 0 Å². The Morgan fingerprint density at radius 1 is 1.06 bits per heavy atom. The summed E-state index contributed by atoms with van der Waals surface area (Å²) in [6.07, 6.45) is 2.71. The smallest absolute Gasteiger partial charge is 0.255 e. The first-order chi connectivity index (χ1) is 14.6. The zero-order chi connectivity index (χ0) is 22.8. The van der Waals surface area contributed by atoms with Crippen molar-refractivity contribution in [1.29, 1.82) is 0 Å². The molecule has 31 heavy (non-hydrogen) atoms. The van der Waals surface area contributed by atoms with Gasteiger partial charge in [-0.1, -0.05) is 18.0 Å². The molecule has 1 atom stereocenters. The van der Waals surface area contributed by atoms with Crippen molar-refractivity contribution in [3.05, 3.63) is 58.6 Å². The van der Waals surface area contributed by atoms with Crippen molar-refractivity contribution >= 4 is 39.1 Å². The van der Waals surface area contributed by atoms with Crippen molar-refractivity contribution in [2.45, 2.75) is 37.1 Å². The Hall–Kier alpha value is -2.42. The second-order valence-electron chi connectivity index (χ2n) is 7.83. The van der Waals surface area contributed by atoms with Crippen LogP contribution in [0.1, 0.15) is 46.9 Å². The average molecular weight is 464 g/mol. The van der Waals surface area contributed by atoms with Gasteiger partial charge >= 0.3 is 0 Å². The highest BCUT2D eigenvalue weighted by Crippen LogP contribution is 2.27. The maximum absolute atomic E-state index is 12.9. The largest absolute Gasteiger partial charge is 0.345 e. The molecule has 1 saturated heterocycles. The molecule has 1 N–H and O–H groups in total. The fourth-order valence-corrected chi connectivity index (χ4v) is 5.41. The van der Waals surface area contributed by atoms with Gasteiger partial charge in [0.1, 0.15) is 0 Å². The highest BCUT2D eigenvalue weighted by atomic mass is 35.5. The first-order valence-electron chi connectivity index (χ1n) is 10.1. The number of nitrogens with zero attached hydrogens (tertiary/aromatic N) is 2. The number of piperidine rings is 1. The van der Waals surface area contributed by atoms with Gasteiger partial charge in [0.05, 0.1) is 15.6 Å². The van der Waals surface area contributed by atoms with Gasteiger partial charge in [0.25, 0.3) is 11.8 Å². The third kappa shape index (κ3) is 5.08. The van der Waals surface area contributed by atoms with Crippen molar-refractivity contribution in [3.8, 4) is 0 Å². The van der Waals surface area contributed by atoms with Crippen molar-refractivity contribution in [2.75, 3.05) is 26.0 Å². The van der Waals surface area contributed by atoms with Gasteiger partial charge in [-0.2, -0.15) is 4.31 Å². The number of nitrogens with one attached hydrogen (secondary N) is 1. The highest BCUT2D eigenvalue weighted by Gasteiger charge is 2.31. The number of amides is 2. The lowest BCUT2D eigenvalue weighted by Crippen LogP contribution is -2.41. The van der Waals surface area contributed by atoms with E-state index in [-0.39, 0.29) is 22.4 Å². The predicted octanol–water partition coefficient (Wildman–Crippen LogP) is 3.86. The summed E-state index contributed by atoms with van der Waals surface area (Å²) in [7, 11) is -0.335. The number of anilines is 1. The molecule has 2 amide bonds. The van der Waals surface area contributed by atoms with Crippen LogP contribution in [0.5, 0.6) is 0 Å². The van der Waals surface area contributed by atoms with Crippen molar-refractivity contribution in [1.82, 2.24) is 9.21 Å². The van der Waals surface area contributed by atoms with E-state index in [2.05, 4.69) is 5.32 Å². The summed E-state index contributed by atoms with van der Waals surface area (Å²) in [5, 5.41) is 2.98. The molecule has 1 fully saturated rings. The Morgan fingerprint density at radius 2 is 1.71 bits per heavy atom. The number of halogens is 1. The topological polar surface area (TPSA) is 86.8 Å². The first-order valence-corrected chi connectivity index (χ1v) is 11.9. The molecule has 0 radical (unpaired) electrons. The third-order valence-corrected chi connectivity index (χ3v) is 7.69. The molecule has 0 spiro atoms. The Balaban J connectivity index is 1.78. The molecular weight excluding hydrogens is 438 g/mol. The van der Waals surface area contributed by atoms with E-state index in [1.165, 1.54) is 39.5 Å². The van der Waals surface area contributed by atoms with Crippen LogP contribution in [0.25, 0.3) is 0 Å². The Kier molecular flexibility index (Phi) is 7.03. The number of sulfonamides is 1. The number of hydrogen-bond donors (Lipinski definition) is 1. The maximum atomic E-state index is 12.9. The fourth-order valence-electron chi connectivity index (χ4n) is 3.55. The van der Waals surface area contributed by atoms with Gasteiger partial charge in [-0.05, 0) is 62.2 Å². The first kappa shape index (κ1) is 23.2. The number of benzene rings is 2. The minimum Gasteiger partial charge on any atom is -0.345 e. The molecule has 7 nitrogen and oxygen atoms in total. The molecule has 1 aliphatic rings. The van der Waals surface area contributed by atoms with Crippen LogP contribution >= 0.6 is 11.6 Å². The fraction of sp³-hybridized carbons (Fsp3) is 0.364. The summed E-state index contributed by atoms with van der Waals surface area (Å²) in [5.74, 6) is -0.666. The van der Waals surface area contributed by atoms with Crippen molar-refractivity contribution in [3.63, 3.8) is 0 Å². The van der Waals surface area contributed by atoms with Crippen molar-refractivity contribution in [2.24, 2.45) is 0 Å². The van der Waals surface area contributed by atoms with Crippen LogP contribution in [-0.4, -0.2) is 56.1 Å². The average Bonchev–Trinajstić information content (AvgIpc) is 2.75. The number of carbonyl (C=O) groups excluding carboxylic acids is 2. The molecule has 2 aromatic rings. The number of rotatable bonds is 5. The van der Waals surface area contributed by atoms with E-state index in [9.17, 15) is 18.0 Å². The molecule has 1 heterocycles. The van der Waals surface area contributed by atoms with Gasteiger partial charge in [0, 0.05) is 37.8 Å². The van der Waals surface area contributed by atoms with E-state index in [1.807, 2.05) is 6.92 Å². The van der Waals surface area contributed by atoms with Crippen LogP contribution in [-0.2, 0) is 10.0 Å². The monoisotopic (exact) mass is 463 g/mol. The van der Waals surface area contributed by atoms with Crippen LogP contribution < -0.4 is 5.32 Å². The normalized spacial score (nSPS) is 17.2. The lowest BCUT2D eigenvalue weighted by Gasteiger charge is -2.32. The summed E-state index contributed by atoms with van der Waals surface area (Å²) in [6, 6.07) is 10.4. The predicted molar refractivity (Wildman–Crippen MR) is 121 cm³/mol. The van der Waals surface area contributed by atoms with Gasteiger partial charge in [-0.15, -0.1) is 0 Å². The van der Waals surface area contributed by atoms with Gasteiger partial charge in [0.2, 0.25) is 10.0 Å². The molecule has 0 saturated carbocycles. The lowest BCUT2D eigenvalue weighted by atomic mass is 10.1. The number of hydrogen-bond acceptors (Lipinski definition) is 4. The third-order valence-electron chi connectivity index (χ3n) is 5.33. The molecule has 1 unspecified atom stereocenters. The standard InChI is InChI=1S/C22H26ClN3O4S/c1-15-6-4-5-13-26(15)31(29,30)18-10-7-16(8-11-18)21(27)24-20-14-17(9-12-19(20)23)22(28)25(2)3/h7-12,14-15H,4-6,13H2,1-3H3,(H,24,27). The summed E-state index contributed by atoms with van der Waals surface area (Å²) in [5.41, 5.74) is 0.978. The second kappa shape index (κ2) is 9.38. The highest BCUT2D eigenvalue weighted by molar-refractivity contribution is 7.89. The van der Waals surface area contributed by atoms with E-state index < -0.39 is 15.9 Å². The second-order valence-corrected chi connectivity index (χ2v) is 10.1. The summed E-state index contributed by atoms with van der Waals surface area (Å²) in [6.45, 7) is 2.42. The molecule has 0 aliphatic carbocycles. The van der Waals surface area contributed by atoms with Crippen LogP contribution in [0.15, 0.2) is 47.4 Å². The minimum atomic E-state index is -3.60. The van der Waals surface area contributed by atoms with Gasteiger partial charge in [-0.25, -0.2) is 8.42 Å².